The second-order valence-electron chi connectivity index (χ2n) is 9.56. The summed E-state index contributed by atoms with van der Waals surface area (Å²) in [4.78, 5) is 0. The van der Waals surface area contributed by atoms with Crippen LogP contribution in [0, 0.1) is 25.7 Å². The molecular formula is C24H38. The van der Waals surface area contributed by atoms with Crippen LogP contribution in [0.5, 0.6) is 0 Å². The van der Waals surface area contributed by atoms with Gasteiger partial charge in [0, 0.05) is 0 Å². The van der Waals surface area contributed by atoms with Gasteiger partial charge >= 0.3 is 0 Å². The standard InChI is InChI=1S/C24H38/c1-17-13-14-21(23(5)15-9-7-11-18(23)2)22(20(17)4)24(6)16-10-8-12-19(24)3/h13-14,18-19H,7-12,15-16H2,1-6H3. The van der Waals surface area contributed by atoms with Gasteiger partial charge in [-0.2, -0.15) is 0 Å². The third-order valence-electron chi connectivity index (χ3n) is 8.26. The molecule has 0 aliphatic heterocycles. The smallest absolute Gasteiger partial charge is 0.00440 e. The Morgan fingerprint density at radius 2 is 1.33 bits per heavy atom. The van der Waals surface area contributed by atoms with E-state index in [2.05, 4.69) is 53.7 Å². The van der Waals surface area contributed by atoms with Crippen molar-refractivity contribution in [2.45, 2.75) is 104 Å². The van der Waals surface area contributed by atoms with Gasteiger partial charge in [0.15, 0.2) is 0 Å². The molecule has 0 heterocycles. The Labute approximate surface area is 150 Å². The van der Waals surface area contributed by atoms with Gasteiger partial charge in [-0.25, -0.2) is 0 Å². The fourth-order valence-electron chi connectivity index (χ4n) is 5.81. The molecule has 3 rings (SSSR count). The Morgan fingerprint density at radius 3 is 1.88 bits per heavy atom. The van der Waals surface area contributed by atoms with E-state index in [1.165, 1.54) is 56.9 Å². The van der Waals surface area contributed by atoms with Crippen molar-refractivity contribution >= 4 is 0 Å². The van der Waals surface area contributed by atoms with Gasteiger partial charge in [-0.05, 0) is 84.5 Å². The monoisotopic (exact) mass is 326 g/mol. The van der Waals surface area contributed by atoms with Crippen LogP contribution in [0.3, 0.4) is 0 Å². The van der Waals surface area contributed by atoms with Gasteiger partial charge in [0.25, 0.3) is 0 Å². The minimum Gasteiger partial charge on any atom is -0.0617 e. The minimum absolute atomic E-state index is 0.365. The summed E-state index contributed by atoms with van der Waals surface area (Å²) in [5, 5.41) is 0. The van der Waals surface area contributed by atoms with Gasteiger partial charge in [-0.15, -0.1) is 0 Å². The number of aryl methyl sites for hydroxylation is 1. The third-order valence-corrected chi connectivity index (χ3v) is 8.26. The zero-order chi connectivity index (χ0) is 17.5. The molecule has 4 atom stereocenters. The molecule has 2 fully saturated rings. The van der Waals surface area contributed by atoms with Crippen molar-refractivity contribution in [2.75, 3.05) is 0 Å². The predicted octanol–water partition coefficient (Wildman–Crippen LogP) is 7.24. The summed E-state index contributed by atoms with van der Waals surface area (Å²) in [5.41, 5.74) is 7.25. The lowest BCUT2D eigenvalue weighted by Crippen LogP contribution is -2.41. The van der Waals surface area contributed by atoms with E-state index in [9.17, 15) is 0 Å². The van der Waals surface area contributed by atoms with Gasteiger partial charge in [0.05, 0.1) is 0 Å². The Morgan fingerprint density at radius 1 is 0.792 bits per heavy atom. The molecule has 1 aromatic rings. The molecule has 0 spiro atoms. The number of hydrogen-bond donors (Lipinski definition) is 0. The van der Waals surface area contributed by atoms with Crippen molar-refractivity contribution in [3.63, 3.8) is 0 Å². The second-order valence-corrected chi connectivity index (χ2v) is 9.56. The van der Waals surface area contributed by atoms with Crippen molar-refractivity contribution in [2.24, 2.45) is 11.8 Å². The molecule has 2 aliphatic rings. The number of rotatable bonds is 2. The van der Waals surface area contributed by atoms with Gasteiger partial charge in [0.1, 0.15) is 0 Å². The maximum atomic E-state index is 2.58. The highest BCUT2D eigenvalue weighted by molar-refractivity contribution is 5.49. The van der Waals surface area contributed by atoms with Crippen molar-refractivity contribution in [3.8, 4) is 0 Å². The highest BCUT2D eigenvalue weighted by Gasteiger charge is 2.43. The van der Waals surface area contributed by atoms with Crippen LogP contribution < -0.4 is 0 Å². The van der Waals surface area contributed by atoms with Crippen LogP contribution in [0.2, 0.25) is 0 Å². The third kappa shape index (κ3) is 2.74. The predicted molar refractivity (Wildman–Crippen MR) is 106 cm³/mol. The van der Waals surface area contributed by atoms with E-state index in [4.69, 9.17) is 0 Å². The second kappa shape index (κ2) is 6.50. The van der Waals surface area contributed by atoms with Gasteiger partial charge < -0.3 is 0 Å². The Hall–Kier alpha value is -0.780. The zero-order valence-electron chi connectivity index (χ0n) is 17.0. The molecule has 24 heavy (non-hydrogen) atoms. The molecule has 0 saturated heterocycles. The number of benzene rings is 1. The maximum Gasteiger partial charge on any atom is -0.00440 e. The molecule has 134 valence electrons. The molecule has 0 N–H and O–H groups in total. The molecule has 0 amide bonds. The summed E-state index contributed by atoms with van der Waals surface area (Å²) in [6.07, 6.45) is 11.2. The summed E-state index contributed by atoms with van der Waals surface area (Å²) < 4.78 is 0. The lowest BCUT2D eigenvalue weighted by Gasteiger charge is -2.48. The first-order valence-electron chi connectivity index (χ1n) is 10.4. The molecular weight excluding hydrogens is 288 g/mol. The van der Waals surface area contributed by atoms with Crippen LogP contribution in [0.1, 0.15) is 101 Å². The van der Waals surface area contributed by atoms with E-state index in [0.29, 0.717) is 10.8 Å². The van der Waals surface area contributed by atoms with Crippen LogP contribution in [0.25, 0.3) is 0 Å². The SMILES string of the molecule is Cc1ccc(C2(C)CCCCC2C)c(C2(C)CCCCC2C)c1C. The van der Waals surface area contributed by atoms with E-state index in [1.54, 1.807) is 16.7 Å². The van der Waals surface area contributed by atoms with Crippen molar-refractivity contribution < 1.29 is 0 Å². The average molecular weight is 327 g/mol. The lowest BCUT2D eigenvalue weighted by molar-refractivity contribution is 0.194. The molecule has 2 saturated carbocycles. The van der Waals surface area contributed by atoms with Crippen LogP contribution >= 0.6 is 0 Å². The summed E-state index contributed by atoms with van der Waals surface area (Å²) in [6, 6.07) is 4.92. The number of hydrogen-bond acceptors (Lipinski definition) is 0. The summed E-state index contributed by atoms with van der Waals surface area (Å²) >= 11 is 0. The molecule has 0 aromatic heterocycles. The molecule has 1 aromatic carbocycles. The quantitative estimate of drug-likeness (QED) is 0.537. The highest BCUT2D eigenvalue weighted by atomic mass is 14.5. The molecule has 4 unspecified atom stereocenters. The van der Waals surface area contributed by atoms with E-state index in [-0.39, 0.29) is 0 Å². The maximum absolute atomic E-state index is 2.58. The first kappa shape index (κ1) is 18.0. The van der Waals surface area contributed by atoms with Crippen molar-refractivity contribution in [1.29, 1.82) is 0 Å². The fraction of sp³-hybridized carbons (Fsp3) is 0.750. The van der Waals surface area contributed by atoms with E-state index in [1.807, 2.05) is 0 Å². The highest BCUT2D eigenvalue weighted by Crippen LogP contribution is 2.52. The molecule has 0 heteroatoms. The topological polar surface area (TPSA) is 0 Å². The Kier molecular flexibility index (Phi) is 4.89. The van der Waals surface area contributed by atoms with Gasteiger partial charge in [-0.3, -0.25) is 0 Å². The van der Waals surface area contributed by atoms with E-state index >= 15 is 0 Å². The summed E-state index contributed by atoms with van der Waals surface area (Å²) in [5.74, 6) is 1.60. The minimum atomic E-state index is 0.365. The zero-order valence-corrected chi connectivity index (χ0v) is 17.0. The molecule has 2 aliphatic carbocycles. The van der Waals surface area contributed by atoms with Crippen LogP contribution in [0.4, 0.5) is 0 Å². The first-order chi connectivity index (χ1) is 11.3. The first-order valence-corrected chi connectivity index (χ1v) is 10.4. The van der Waals surface area contributed by atoms with E-state index in [0.717, 1.165) is 11.8 Å². The Balaban J connectivity index is 2.19. The van der Waals surface area contributed by atoms with Crippen LogP contribution in [-0.2, 0) is 10.8 Å². The van der Waals surface area contributed by atoms with E-state index < -0.39 is 0 Å². The lowest BCUT2D eigenvalue weighted by atomic mass is 9.56. The van der Waals surface area contributed by atoms with Gasteiger partial charge in [0.2, 0.25) is 0 Å². The van der Waals surface area contributed by atoms with Crippen molar-refractivity contribution in [3.05, 3.63) is 34.4 Å². The van der Waals surface area contributed by atoms with Crippen LogP contribution in [-0.4, -0.2) is 0 Å². The molecule has 0 nitrogen and oxygen atoms in total. The van der Waals surface area contributed by atoms with Crippen LogP contribution in [0.15, 0.2) is 12.1 Å². The largest absolute Gasteiger partial charge is 0.0617 e. The Bertz CT molecular complexity index is 598. The summed E-state index contributed by atoms with van der Waals surface area (Å²) in [6.45, 7) is 14.9. The van der Waals surface area contributed by atoms with Gasteiger partial charge in [-0.1, -0.05) is 65.5 Å². The molecule has 0 bridgehead atoms. The fourth-order valence-corrected chi connectivity index (χ4v) is 5.81. The normalized spacial score (nSPS) is 37.4. The molecule has 0 radical (unpaired) electrons. The average Bonchev–Trinajstić information content (AvgIpc) is 2.55. The van der Waals surface area contributed by atoms with Crippen molar-refractivity contribution in [1.82, 2.24) is 0 Å². The summed E-state index contributed by atoms with van der Waals surface area (Å²) in [7, 11) is 0.